The topological polar surface area (TPSA) is 46.1 Å². The Morgan fingerprint density at radius 2 is 1.81 bits per heavy atom. The molecule has 0 saturated heterocycles. The molecule has 3 nitrogen and oxygen atoms in total. The van der Waals surface area contributed by atoms with Crippen LogP contribution in [0, 0.1) is 5.82 Å². The van der Waals surface area contributed by atoms with Crippen molar-refractivity contribution in [2.24, 2.45) is 0 Å². The first kappa shape index (κ1) is 16.2. The molecular formula is C17H27FNO2+. The molecule has 0 aliphatic heterocycles. The first-order valence-corrected chi connectivity index (χ1v) is 8.14. The molecule has 1 aliphatic rings. The zero-order valence-corrected chi connectivity index (χ0v) is 12.6. The molecule has 0 amide bonds. The molecule has 1 aromatic rings. The molecule has 1 aromatic carbocycles. The van der Waals surface area contributed by atoms with Gasteiger partial charge in [-0.1, -0.05) is 31.4 Å². The Labute approximate surface area is 126 Å². The average Bonchev–Trinajstić information content (AvgIpc) is 2.45. The summed E-state index contributed by atoms with van der Waals surface area (Å²) in [6.07, 6.45) is 8.54. The van der Waals surface area contributed by atoms with E-state index in [0.29, 0.717) is 12.6 Å². The van der Waals surface area contributed by atoms with Gasteiger partial charge < -0.3 is 15.2 Å². The number of aliphatic hydroxyl groups is 1. The highest BCUT2D eigenvalue weighted by molar-refractivity contribution is 5.23. The van der Waals surface area contributed by atoms with Gasteiger partial charge in [-0.3, -0.25) is 0 Å². The van der Waals surface area contributed by atoms with E-state index in [0.717, 1.165) is 0 Å². The molecule has 118 valence electrons. The van der Waals surface area contributed by atoms with Gasteiger partial charge in [0.1, 0.15) is 19.3 Å². The van der Waals surface area contributed by atoms with Crippen LogP contribution in [0.5, 0.6) is 5.75 Å². The van der Waals surface area contributed by atoms with Gasteiger partial charge in [0, 0.05) is 0 Å². The number of nitrogens with two attached hydrogens (primary N) is 1. The molecule has 4 heteroatoms. The van der Waals surface area contributed by atoms with Crippen LogP contribution in [0.4, 0.5) is 4.39 Å². The molecule has 2 rings (SSSR count). The summed E-state index contributed by atoms with van der Waals surface area (Å²) in [5.74, 6) is -0.170. The van der Waals surface area contributed by atoms with Crippen LogP contribution in [0.1, 0.15) is 44.9 Å². The Morgan fingerprint density at radius 1 is 1.14 bits per heavy atom. The van der Waals surface area contributed by atoms with Gasteiger partial charge in [0.15, 0.2) is 11.6 Å². The lowest BCUT2D eigenvalue weighted by atomic mass is 9.96. The number of hydrogen-bond donors (Lipinski definition) is 2. The summed E-state index contributed by atoms with van der Waals surface area (Å²) in [7, 11) is 0. The normalized spacial score (nSPS) is 18.8. The SMILES string of the molecule is O[C@@H](C[NH2+]C1CCCCCCC1)COc1ccccc1F. The van der Waals surface area contributed by atoms with Crippen molar-refractivity contribution >= 4 is 0 Å². The highest BCUT2D eigenvalue weighted by Gasteiger charge is 2.16. The van der Waals surface area contributed by atoms with Crippen LogP contribution in [0.3, 0.4) is 0 Å². The monoisotopic (exact) mass is 296 g/mol. The molecule has 0 heterocycles. The van der Waals surface area contributed by atoms with Crippen molar-refractivity contribution < 1.29 is 19.6 Å². The van der Waals surface area contributed by atoms with Crippen molar-refractivity contribution in [2.75, 3.05) is 13.2 Å². The summed E-state index contributed by atoms with van der Waals surface area (Å²) in [4.78, 5) is 0. The predicted molar refractivity (Wildman–Crippen MR) is 80.8 cm³/mol. The maximum absolute atomic E-state index is 13.4. The minimum atomic E-state index is -0.560. The largest absolute Gasteiger partial charge is 0.488 e. The fraction of sp³-hybridized carbons (Fsp3) is 0.647. The van der Waals surface area contributed by atoms with E-state index >= 15 is 0 Å². The Morgan fingerprint density at radius 3 is 2.52 bits per heavy atom. The van der Waals surface area contributed by atoms with Crippen LogP contribution in [-0.2, 0) is 0 Å². The van der Waals surface area contributed by atoms with E-state index in [9.17, 15) is 9.50 Å². The summed E-state index contributed by atoms with van der Waals surface area (Å²) in [5, 5.41) is 12.2. The van der Waals surface area contributed by atoms with Gasteiger partial charge in [0.05, 0.1) is 6.04 Å². The van der Waals surface area contributed by atoms with Gasteiger partial charge in [-0.05, 0) is 37.8 Å². The Bertz CT molecular complexity index is 406. The van der Waals surface area contributed by atoms with E-state index in [1.807, 2.05) is 0 Å². The molecule has 1 saturated carbocycles. The summed E-state index contributed by atoms with van der Waals surface area (Å²) in [6.45, 7) is 0.767. The van der Waals surface area contributed by atoms with Crippen molar-refractivity contribution in [3.8, 4) is 5.75 Å². The maximum atomic E-state index is 13.4. The lowest BCUT2D eigenvalue weighted by molar-refractivity contribution is -0.696. The number of benzene rings is 1. The first-order valence-electron chi connectivity index (χ1n) is 8.14. The smallest absolute Gasteiger partial charge is 0.165 e. The Balaban J connectivity index is 1.67. The van der Waals surface area contributed by atoms with Crippen LogP contribution < -0.4 is 10.1 Å². The highest BCUT2D eigenvalue weighted by Crippen LogP contribution is 2.16. The molecule has 0 aromatic heterocycles. The molecule has 0 spiro atoms. The van der Waals surface area contributed by atoms with Gasteiger partial charge in [-0.2, -0.15) is 0 Å². The zero-order chi connectivity index (χ0) is 14.9. The minimum Gasteiger partial charge on any atom is -0.488 e. The Hall–Kier alpha value is -1.13. The summed E-state index contributed by atoms with van der Waals surface area (Å²) >= 11 is 0. The molecule has 0 bridgehead atoms. The van der Waals surface area contributed by atoms with E-state index in [1.54, 1.807) is 18.2 Å². The van der Waals surface area contributed by atoms with Crippen molar-refractivity contribution in [1.29, 1.82) is 0 Å². The molecule has 21 heavy (non-hydrogen) atoms. The fourth-order valence-corrected chi connectivity index (χ4v) is 2.89. The number of ether oxygens (including phenoxy) is 1. The predicted octanol–water partition coefficient (Wildman–Crippen LogP) is 2.24. The maximum Gasteiger partial charge on any atom is 0.165 e. The molecule has 1 fully saturated rings. The van der Waals surface area contributed by atoms with Crippen molar-refractivity contribution in [3.63, 3.8) is 0 Å². The summed E-state index contributed by atoms with van der Waals surface area (Å²) in [6, 6.07) is 6.92. The fourth-order valence-electron chi connectivity index (χ4n) is 2.89. The third-order valence-electron chi connectivity index (χ3n) is 4.16. The van der Waals surface area contributed by atoms with Gasteiger partial charge in [0.25, 0.3) is 0 Å². The second-order valence-electron chi connectivity index (χ2n) is 5.97. The first-order chi connectivity index (χ1) is 10.3. The summed E-state index contributed by atoms with van der Waals surface area (Å²) in [5.41, 5.74) is 0. The second kappa shape index (κ2) is 9.00. The van der Waals surface area contributed by atoms with E-state index in [2.05, 4.69) is 5.32 Å². The lowest BCUT2D eigenvalue weighted by Crippen LogP contribution is -2.92. The van der Waals surface area contributed by atoms with E-state index in [-0.39, 0.29) is 18.2 Å². The standard InChI is InChI=1S/C17H26FNO2/c18-16-10-6-7-11-17(16)21-13-15(20)12-19-14-8-4-2-1-3-5-9-14/h6-7,10-11,14-15,19-20H,1-5,8-9,12-13H2/p+1/t15-/m0/s1. The number of halogens is 1. The Kier molecular flexibility index (Phi) is 6.96. The molecule has 1 atom stereocenters. The number of hydrogen-bond acceptors (Lipinski definition) is 2. The highest BCUT2D eigenvalue weighted by atomic mass is 19.1. The number of quaternary nitrogens is 1. The molecule has 0 unspecified atom stereocenters. The van der Waals surface area contributed by atoms with Crippen molar-refractivity contribution in [3.05, 3.63) is 30.1 Å². The quantitative estimate of drug-likeness (QED) is 0.846. The molecule has 3 N–H and O–H groups in total. The van der Waals surface area contributed by atoms with Crippen molar-refractivity contribution in [2.45, 2.75) is 57.1 Å². The lowest BCUT2D eigenvalue weighted by Gasteiger charge is -2.20. The van der Waals surface area contributed by atoms with E-state index < -0.39 is 6.10 Å². The molecular weight excluding hydrogens is 269 g/mol. The minimum absolute atomic E-state index is 0.143. The van der Waals surface area contributed by atoms with Crippen LogP contribution in [0.15, 0.2) is 24.3 Å². The van der Waals surface area contributed by atoms with Gasteiger partial charge in [-0.25, -0.2) is 4.39 Å². The third-order valence-corrected chi connectivity index (χ3v) is 4.16. The van der Waals surface area contributed by atoms with Crippen LogP contribution in [0.2, 0.25) is 0 Å². The second-order valence-corrected chi connectivity index (χ2v) is 5.97. The van der Waals surface area contributed by atoms with Crippen molar-refractivity contribution in [1.82, 2.24) is 0 Å². The van der Waals surface area contributed by atoms with E-state index in [4.69, 9.17) is 4.74 Å². The number of rotatable bonds is 6. The van der Waals surface area contributed by atoms with Gasteiger partial charge >= 0.3 is 0 Å². The van der Waals surface area contributed by atoms with Crippen LogP contribution >= 0.6 is 0 Å². The summed E-state index contributed by atoms with van der Waals surface area (Å²) < 4.78 is 18.7. The van der Waals surface area contributed by atoms with Crippen LogP contribution in [0.25, 0.3) is 0 Å². The van der Waals surface area contributed by atoms with E-state index in [1.165, 1.54) is 51.0 Å². The molecule has 0 radical (unpaired) electrons. The van der Waals surface area contributed by atoms with Gasteiger partial charge in [-0.15, -0.1) is 0 Å². The van der Waals surface area contributed by atoms with Crippen LogP contribution in [-0.4, -0.2) is 30.4 Å². The third kappa shape index (κ3) is 6.02. The number of aliphatic hydroxyl groups excluding tert-OH is 1. The zero-order valence-electron chi connectivity index (χ0n) is 12.6. The molecule has 1 aliphatic carbocycles. The number of para-hydroxylation sites is 1. The average molecular weight is 296 g/mol. The van der Waals surface area contributed by atoms with Gasteiger partial charge in [0.2, 0.25) is 0 Å².